The van der Waals surface area contributed by atoms with Crippen molar-refractivity contribution in [3.8, 4) is 5.75 Å². The standard InChI is InChI=1S/C17H23N3O/c1-3-4-9-21-16-7-5-14(6-8-16)17(20-18)15-10-13(2)11-19-12-15/h5-8,10-12,17,20H,3-4,9,18H2,1-2H3. The molecule has 1 unspecified atom stereocenters. The summed E-state index contributed by atoms with van der Waals surface area (Å²) >= 11 is 0. The Labute approximate surface area is 126 Å². The molecule has 0 fully saturated rings. The van der Waals surface area contributed by atoms with Gasteiger partial charge in [-0.1, -0.05) is 31.5 Å². The van der Waals surface area contributed by atoms with Crippen molar-refractivity contribution in [2.45, 2.75) is 32.7 Å². The van der Waals surface area contributed by atoms with Crippen molar-refractivity contribution in [1.82, 2.24) is 10.4 Å². The topological polar surface area (TPSA) is 60.2 Å². The molecule has 0 saturated carbocycles. The first-order valence-corrected chi connectivity index (χ1v) is 7.35. The van der Waals surface area contributed by atoms with E-state index in [1.54, 1.807) is 0 Å². The van der Waals surface area contributed by atoms with E-state index >= 15 is 0 Å². The monoisotopic (exact) mass is 285 g/mol. The van der Waals surface area contributed by atoms with Gasteiger partial charge in [0.05, 0.1) is 12.6 Å². The second kappa shape index (κ2) is 7.76. The first kappa shape index (κ1) is 15.5. The van der Waals surface area contributed by atoms with E-state index < -0.39 is 0 Å². The van der Waals surface area contributed by atoms with Gasteiger partial charge in [0.15, 0.2) is 0 Å². The molecule has 4 heteroatoms. The van der Waals surface area contributed by atoms with Crippen molar-refractivity contribution in [3.05, 3.63) is 59.4 Å². The average molecular weight is 285 g/mol. The molecule has 1 atom stereocenters. The smallest absolute Gasteiger partial charge is 0.119 e. The number of unbranched alkanes of at least 4 members (excludes halogenated alkanes) is 1. The van der Waals surface area contributed by atoms with Crippen molar-refractivity contribution >= 4 is 0 Å². The van der Waals surface area contributed by atoms with Gasteiger partial charge >= 0.3 is 0 Å². The number of nitrogens with two attached hydrogens (primary N) is 1. The molecule has 0 aliphatic carbocycles. The molecule has 2 rings (SSSR count). The van der Waals surface area contributed by atoms with E-state index in [9.17, 15) is 0 Å². The van der Waals surface area contributed by atoms with Crippen LogP contribution in [0.5, 0.6) is 5.75 Å². The Morgan fingerprint density at radius 3 is 2.57 bits per heavy atom. The molecule has 0 saturated heterocycles. The first-order valence-electron chi connectivity index (χ1n) is 7.35. The van der Waals surface area contributed by atoms with E-state index in [1.807, 2.05) is 43.6 Å². The molecular weight excluding hydrogens is 262 g/mol. The highest BCUT2D eigenvalue weighted by Crippen LogP contribution is 2.23. The zero-order valence-electron chi connectivity index (χ0n) is 12.7. The number of pyridine rings is 1. The molecule has 2 aromatic rings. The van der Waals surface area contributed by atoms with Gasteiger partial charge < -0.3 is 4.74 Å². The van der Waals surface area contributed by atoms with Crippen molar-refractivity contribution < 1.29 is 4.74 Å². The van der Waals surface area contributed by atoms with Crippen LogP contribution in [0.15, 0.2) is 42.7 Å². The zero-order chi connectivity index (χ0) is 15.1. The van der Waals surface area contributed by atoms with Crippen LogP contribution in [0.2, 0.25) is 0 Å². The number of hydrogen-bond acceptors (Lipinski definition) is 4. The van der Waals surface area contributed by atoms with E-state index in [0.717, 1.165) is 41.9 Å². The van der Waals surface area contributed by atoms with Crippen LogP contribution < -0.4 is 16.0 Å². The fourth-order valence-electron chi connectivity index (χ4n) is 2.21. The third-order valence-electron chi connectivity index (χ3n) is 3.38. The fourth-order valence-corrected chi connectivity index (χ4v) is 2.21. The maximum absolute atomic E-state index is 5.71. The summed E-state index contributed by atoms with van der Waals surface area (Å²) in [5.41, 5.74) is 6.11. The van der Waals surface area contributed by atoms with Crippen molar-refractivity contribution in [2.24, 2.45) is 5.84 Å². The summed E-state index contributed by atoms with van der Waals surface area (Å²) in [4.78, 5) is 4.23. The number of rotatable bonds is 7. The Bertz CT molecular complexity index is 554. The van der Waals surface area contributed by atoms with Crippen LogP contribution >= 0.6 is 0 Å². The summed E-state index contributed by atoms with van der Waals surface area (Å²) in [6.45, 7) is 4.94. The number of benzene rings is 1. The van der Waals surface area contributed by atoms with Crippen LogP contribution in [0.25, 0.3) is 0 Å². The summed E-state index contributed by atoms with van der Waals surface area (Å²) in [7, 11) is 0. The van der Waals surface area contributed by atoms with Crippen molar-refractivity contribution in [1.29, 1.82) is 0 Å². The molecule has 0 radical (unpaired) electrons. The second-order valence-corrected chi connectivity index (χ2v) is 5.17. The van der Waals surface area contributed by atoms with Gasteiger partial charge in [-0.15, -0.1) is 0 Å². The lowest BCUT2D eigenvalue weighted by atomic mass is 10.00. The van der Waals surface area contributed by atoms with Gasteiger partial charge in [0.2, 0.25) is 0 Å². The van der Waals surface area contributed by atoms with Gasteiger partial charge in [-0.25, -0.2) is 5.43 Å². The minimum atomic E-state index is -0.0675. The molecule has 4 nitrogen and oxygen atoms in total. The third kappa shape index (κ3) is 4.28. The van der Waals surface area contributed by atoms with Gasteiger partial charge in [0.25, 0.3) is 0 Å². The molecule has 0 amide bonds. The number of hydrogen-bond donors (Lipinski definition) is 2. The Kier molecular flexibility index (Phi) is 5.72. The highest BCUT2D eigenvalue weighted by atomic mass is 16.5. The highest BCUT2D eigenvalue weighted by Gasteiger charge is 2.12. The molecule has 1 heterocycles. The van der Waals surface area contributed by atoms with Gasteiger partial charge in [-0.3, -0.25) is 10.8 Å². The van der Waals surface area contributed by atoms with E-state index in [1.165, 1.54) is 0 Å². The summed E-state index contributed by atoms with van der Waals surface area (Å²) in [5.74, 6) is 6.61. The third-order valence-corrected chi connectivity index (χ3v) is 3.38. The highest BCUT2D eigenvalue weighted by molar-refractivity contribution is 5.35. The molecule has 21 heavy (non-hydrogen) atoms. The lowest BCUT2D eigenvalue weighted by Crippen LogP contribution is -2.28. The molecule has 0 bridgehead atoms. The van der Waals surface area contributed by atoms with Gasteiger partial charge in [-0.2, -0.15) is 0 Å². The van der Waals surface area contributed by atoms with Crippen LogP contribution in [0.3, 0.4) is 0 Å². The van der Waals surface area contributed by atoms with E-state index in [2.05, 4.69) is 23.4 Å². The Morgan fingerprint density at radius 1 is 1.19 bits per heavy atom. The number of hydrazine groups is 1. The molecule has 0 spiro atoms. The quantitative estimate of drug-likeness (QED) is 0.466. The zero-order valence-corrected chi connectivity index (χ0v) is 12.7. The first-order chi connectivity index (χ1) is 10.2. The number of aromatic nitrogens is 1. The van der Waals surface area contributed by atoms with Crippen LogP contribution in [0.1, 0.15) is 42.5 Å². The number of ether oxygens (including phenoxy) is 1. The lowest BCUT2D eigenvalue weighted by molar-refractivity contribution is 0.309. The predicted molar refractivity (Wildman–Crippen MR) is 85.0 cm³/mol. The molecule has 1 aromatic carbocycles. The van der Waals surface area contributed by atoms with E-state index in [-0.39, 0.29) is 6.04 Å². The molecule has 112 valence electrons. The van der Waals surface area contributed by atoms with E-state index in [0.29, 0.717) is 0 Å². The summed E-state index contributed by atoms with van der Waals surface area (Å²) < 4.78 is 5.68. The van der Waals surface area contributed by atoms with E-state index in [4.69, 9.17) is 10.6 Å². The SMILES string of the molecule is CCCCOc1ccc(C(NN)c2cncc(C)c2)cc1. The number of aryl methyl sites for hydroxylation is 1. The molecule has 3 N–H and O–H groups in total. The lowest BCUT2D eigenvalue weighted by Gasteiger charge is -2.17. The average Bonchev–Trinajstić information content (AvgIpc) is 2.50. The predicted octanol–water partition coefficient (Wildman–Crippen LogP) is 3.12. The fraction of sp³-hybridized carbons (Fsp3) is 0.353. The van der Waals surface area contributed by atoms with Crippen molar-refractivity contribution in [2.75, 3.05) is 6.61 Å². The summed E-state index contributed by atoms with van der Waals surface area (Å²) in [6.07, 6.45) is 5.88. The maximum atomic E-state index is 5.71. The van der Waals surface area contributed by atoms with Gasteiger partial charge in [0.1, 0.15) is 5.75 Å². The number of nitrogens with one attached hydrogen (secondary N) is 1. The largest absolute Gasteiger partial charge is 0.494 e. The van der Waals surface area contributed by atoms with Gasteiger partial charge in [-0.05, 0) is 42.2 Å². The van der Waals surface area contributed by atoms with Crippen LogP contribution in [0.4, 0.5) is 0 Å². The summed E-state index contributed by atoms with van der Waals surface area (Å²) in [6, 6.07) is 10.1. The minimum Gasteiger partial charge on any atom is -0.494 e. The Balaban J connectivity index is 2.12. The Hall–Kier alpha value is -1.91. The molecule has 0 aliphatic rings. The Morgan fingerprint density at radius 2 is 1.95 bits per heavy atom. The molecular formula is C17H23N3O. The maximum Gasteiger partial charge on any atom is 0.119 e. The number of nitrogens with zero attached hydrogens (tertiary/aromatic N) is 1. The van der Waals surface area contributed by atoms with Gasteiger partial charge in [0, 0.05) is 12.4 Å². The second-order valence-electron chi connectivity index (χ2n) is 5.17. The van der Waals surface area contributed by atoms with Crippen LogP contribution in [-0.4, -0.2) is 11.6 Å². The molecule has 1 aromatic heterocycles. The van der Waals surface area contributed by atoms with Crippen molar-refractivity contribution in [3.63, 3.8) is 0 Å². The van der Waals surface area contributed by atoms with Crippen LogP contribution in [-0.2, 0) is 0 Å². The van der Waals surface area contributed by atoms with Crippen LogP contribution in [0, 0.1) is 6.92 Å². The normalized spacial score (nSPS) is 12.1. The minimum absolute atomic E-state index is 0.0675. The summed E-state index contributed by atoms with van der Waals surface area (Å²) in [5, 5.41) is 0. The molecule has 0 aliphatic heterocycles.